The Bertz CT molecular complexity index is 935. The van der Waals surface area contributed by atoms with Crippen LogP contribution < -0.4 is 0 Å². The molecule has 0 aromatic carbocycles. The molecule has 0 aliphatic rings. The first-order chi connectivity index (χ1) is 29.8. The summed E-state index contributed by atoms with van der Waals surface area (Å²) < 4.78 is 16.8. The maximum atomic E-state index is 12.8. The fourth-order valence-electron chi connectivity index (χ4n) is 8.28. The Morgan fingerprint density at radius 2 is 0.574 bits per heavy atom. The summed E-state index contributed by atoms with van der Waals surface area (Å²) in [5.74, 6) is 0.927. The predicted octanol–water partition coefficient (Wildman–Crippen LogP) is 17.7. The van der Waals surface area contributed by atoms with E-state index in [1.54, 1.807) is 0 Å². The number of hydrogen-bond acceptors (Lipinski definition) is 6. The Morgan fingerprint density at radius 1 is 0.328 bits per heavy atom. The molecule has 0 saturated heterocycles. The predicted molar refractivity (Wildman–Crippen MR) is 261 cm³/mol. The van der Waals surface area contributed by atoms with E-state index in [0.29, 0.717) is 19.3 Å². The zero-order valence-electron chi connectivity index (χ0n) is 41.8. The summed E-state index contributed by atoms with van der Waals surface area (Å²) in [4.78, 5) is 37.8. The maximum absolute atomic E-state index is 12.8. The molecule has 0 fully saturated rings. The van der Waals surface area contributed by atoms with Gasteiger partial charge in [0.2, 0.25) is 0 Å². The van der Waals surface area contributed by atoms with Crippen molar-refractivity contribution in [3.63, 3.8) is 0 Å². The lowest BCUT2D eigenvalue weighted by Gasteiger charge is -2.18. The molecule has 0 spiro atoms. The molecular formula is C55H106O6. The Balaban J connectivity index is 4.14. The molecule has 362 valence electrons. The summed E-state index contributed by atoms with van der Waals surface area (Å²) in [5.41, 5.74) is 0. The topological polar surface area (TPSA) is 78.9 Å². The van der Waals surface area contributed by atoms with Crippen LogP contribution in [-0.4, -0.2) is 37.2 Å². The second kappa shape index (κ2) is 47.9. The van der Waals surface area contributed by atoms with Gasteiger partial charge in [0.15, 0.2) is 6.10 Å². The first-order valence-corrected chi connectivity index (χ1v) is 27.3. The first-order valence-electron chi connectivity index (χ1n) is 27.3. The third kappa shape index (κ3) is 46.2. The van der Waals surface area contributed by atoms with Gasteiger partial charge < -0.3 is 14.2 Å². The second-order valence-corrected chi connectivity index (χ2v) is 19.4. The number of carbonyl (C=O) groups excluding carboxylic acids is 3. The van der Waals surface area contributed by atoms with Crippen LogP contribution in [0.5, 0.6) is 0 Å². The summed E-state index contributed by atoms with van der Waals surface area (Å²) in [5, 5.41) is 0. The van der Waals surface area contributed by atoms with Crippen molar-refractivity contribution in [2.45, 2.75) is 310 Å². The smallest absolute Gasteiger partial charge is 0.306 e. The van der Waals surface area contributed by atoms with Crippen molar-refractivity contribution in [2.24, 2.45) is 11.8 Å². The summed E-state index contributed by atoms with van der Waals surface area (Å²) in [6, 6.07) is 0. The normalized spacial score (nSPS) is 12.9. The minimum atomic E-state index is -0.761. The number of unbranched alkanes of at least 4 members (excludes halogenated alkanes) is 32. The van der Waals surface area contributed by atoms with Crippen LogP contribution in [0, 0.1) is 11.8 Å². The van der Waals surface area contributed by atoms with Crippen molar-refractivity contribution in [2.75, 3.05) is 13.2 Å². The van der Waals surface area contributed by atoms with E-state index in [9.17, 15) is 14.4 Å². The molecule has 0 aromatic heterocycles. The molecule has 6 heteroatoms. The second-order valence-electron chi connectivity index (χ2n) is 19.4. The molecule has 2 unspecified atom stereocenters. The molecule has 0 heterocycles. The van der Waals surface area contributed by atoms with E-state index in [1.165, 1.54) is 193 Å². The van der Waals surface area contributed by atoms with Crippen molar-refractivity contribution < 1.29 is 28.6 Å². The Hall–Kier alpha value is -1.59. The molecule has 0 aliphatic heterocycles. The van der Waals surface area contributed by atoms with Crippen LogP contribution in [0.4, 0.5) is 0 Å². The van der Waals surface area contributed by atoms with Gasteiger partial charge in [-0.2, -0.15) is 0 Å². The molecular weight excluding hydrogens is 757 g/mol. The van der Waals surface area contributed by atoms with E-state index < -0.39 is 6.10 Å². The van der Waals surface area contributed by atoms with Gasteiger partial charge in [0.1, 0.15) is 13.2 Å². The molecule has 0 saturated carbocycles. The lowest BCUT2D eigenvalue weighted by molar-refractivity contribution is -0.167. The summed E-state index contributed by atoms with van der Waals surface area (Å²) in [6.07, 6.45) is 49.6. The molecule has 0 amide bonds. The lowest BCUT2D eigenvalue weighted by Crippen LogP contribution is -2.30. The van der Waals surface area contributed by atoms with E-state index in [0.717, 1.165) is 69.6 Å². The number of esters is 3. The molecule has 0 aromatic rings. The average molecular weight is 863 g/mol. The molecule has 0 radical (unpaired) electrons. The monoisotopic (exact) mass is 863 g/mol. The maximum Gasteiger partial charge on any atom is 0.306 e. The average Bonchev–Trinajstić information content (AvgIpc) is 3.26. The van der Waals surface area contributed by atoms with Gasteiger partial charge in [-0.25, -0.2) is 0 Å². The Labute approximate surface area is 380 Å². The van der Waals surface area contributed by atoms with E-state index >= 15 is 0 Å². The zero-order valence-corrected chi connectivity index (χ0v) is 41.8. The van der Waals surface area contributed by atoms with Crippen molar-refractivity contribution in [1.29, 1.82) is 0 Å². The Morgan fingerprint density at radius 3 is 0.852 bits per heavy atom. The van der Waals surface area contributed by atoms with Crippen LogP contribution in [-0.2, 0) is 28.6 Å². The third-order valence-electron chi connectivity index (χ3n) is 13.2. The Kier molecular flexibility index (Phi) is 46.6. The van der Waals surface area contributed by atoms with Gasteiger partial charge in [0.25, 0.3) is 0 Å². The van der Waals surface area contributed by atoms with Gasteiger partial charge in [0, 0.05) is 19.3 Å². The van der Waals surface area contributed by atoms with E-state index in [2.05, 4.69) is 34.6 Å². The highest BCUT2D eigenvalue weighted by Crippen LogP contribution is 2.19. The number of rotatable bonds is 49. The number of ether oxygens (including phenoxy) is 3. The van der Waals surface area contributed by atoms with Crippen LogP contribution >= 0.6 is 0 Å². The lowest BCUT2D eigenvalue weighted by atomic mass is 9.99. The van der Waals surface area contributed by atoms with Crippen molar-refractivity contribution in [1.82, 2.24) is 0 Å². The highest BCUT2D eigenvalue weighted by atomic mass is 16.6. The minimum absolute atomic E-state index is 0.0640. The largest absolute Gasteiger partial charge is 0.462 e. The quantitative estimate of drug-likeness (QED) is 0.0344. The first kappa shape index (κ1) is 59.4. The highest BCUT2D eigenvalue weighted by molar-refractivity contribution is 5.71. The molecule has 3 atom stereocenters. The fourth-order valence-corrected chi connectivity index (χ4v) is 8.28. The molecule has 0 aliphatic carbocycles. The number of hydrogen-bond donors (Lipinski definition) is 0. The molecule has 6 nitrogen and oxygen atoms in total. The van der Waals surface area contributed by atoms with Gasteiger partial charge in [-0.15, -0.1) is 0 Å². The number of carbonyl (C=O) groups is 3. The van der Waals surface area contributed by atoms with Gasteiger partial charge >= 0.3 is 17.9 Å². The SMILES string of the molecule is CCCCCCCCCC(=O)OC[C@H](COC(=O)CCCCCCCCCCCCC(C)CC)OC(=O)CCCCCCCCCCCCCCCCCCCCC(C)CC. The van der Waals surface area contributed by atoms with Gasteiger partial charge in [0.05, 0.1) is 0 Å². The third-order valence-corrected chi connectivity index (χ3v) is 13.2. The molecule has 61 heavy (non-hydrogen) atoms. The molecule has 0 rings (SSSR count). The van der Waals surface area contributed by atoms with Gasteiger partial charge in [-0.3, -0.25) is 14.4 Å². The van der Waals surface area contributed by atoms with Crippen molar-refractivity contribution in [3.05, 3.63) is 0 Å². The van der Waals surface area contributed by atoms with E-state index in [-0.39, 0.29) is 31.1 Å². The summed E-state index contributed by atoms with van der Waals surface area (Å²) in [7, 11) is 0. The van der Waals surface area contributed by atoms with Crippen molar-refractivity contribution >= 4 is 17.9 Å². The fraction of sp³-hybridized carbons (Fsp3) is 0.945. The van der Waals surface area contributed by atoms with Gasteiger partial charge in [-0.1, -0.05) is 266 Å². The highest BCUT2D eigenvalue weighted by Gasteiger charge is 2.19. The minimum Gasteiger partial charge on any atom is -0.462 e. The molecule has 0 bridgehead atoms. The van der Waals surface area contributed by atoms with Crippen molar-refractivity contribution in [3.8, 4) is 0 Å². The van der Waals surface area contributed by atoms with E-state index in [4.69, 9.17) is 14.2 Å². The van der Waals surface area contributed by atoms with Crippen LogP contribution in [0.2, 0.25) is 0 Å². The zero-order chi connectivity index (χ0) is 44.7. The van der Waals surface area contributed by atoms with Gasteiger partial charge in [-0.05, 0) is 31.1 Å². The standard InChI is InChI=1S/C55H106O6/c1-6-9-10-11-28-35-40-45-53(56)59-48-52(49-60-54(57)46-41-36-31-26-23-22-25-30-34-39-44-51(5)8-3)61-55(58)47-42-37-32-27-21-19-17-15-13-12-14-16-18-20-24-29-33-38-43-50(4)7-2/h50-52H,6-49H2,1-5H3/t50?,51?,52-/m1/s1. The van der Waals surface area contributed by atoms with Crippen LogP contribution in [0.3, 0.4) is 0 Å². The summed E-state index contributed by atoms with van der Waals surface area (Å²) >= 11 is 0. The van der Waals surface area contributed by atoms with Crippen LogP contribution in [0.25, 0.3) is 0 Å². The van der Waals surface area contributed by atoms with E-state index in [1.807, 2.05) is 0 Å². The van der Waals surface area contributed by atoms with Crippen LogP contribution in [0.15, 0.2) is 0 Å². The van der Waals surface area contributed by atoms with Crippen LogP contribution in [0.1, 0.15) is 304 Å². The molecule has 0 N–H and O–H groups in total. The summed E-state index contributed by atoms with van der Waals surface area (Å²) in [6.45, 7) is 11.4.